The molecule has 0 unspecified atom stereocenters. The smallest absolute Gasteiger partial charge is 0.0331 e. The Morgan fingerprint density at radius 2 is 2.00 bits per heavy atom. The molecule has 2 heterocycles. The number of piperidine rings is 1. The van der Waals surface area contributed by atoms with Crippen LogP contribution in [0.15, 0.2) is 23.4 Å². The molecule has 0 bridgehead atoms. The lowest BCUT2D eigenvalue weighted by molar-refractivity contribution is 0.283. The summed E-state index contributed by atoms with van der Waals surface area (Å²) in [6.45, 7) is 7.93. The van der Waals surface area contributed by atoms with E-state index < -0.39 is 0 Å². The largest absolute Gasteiger partial charge is 0.387 e. The van der Waals surface area contributed by atoms with E-state index in [0.717, 1.165) is 19.6 Å². The second kappa shape index (κ2) is 3.77. The molecule has 2 N–H and O–H groups in total. The zero-order chi connectivity index (χ0) is 10.0. The molecular weight excluding hydrogens is 172 g/mol. The molecule has 78 valence electrons. The Bertz CT molecular complexity index is 270. The van der Waals surface area contributed by atoms with Gasteiger partial charge in [-0.3, -0.25) is 0 Å². The average molecular weight is 192 g/mol. The zero-order valence-corrected chi connectivity index (χ0v) is 9.19. The van der Waals surface area contributed by atoms with Gasteiger partial charge in [0, 0.05) is 12.7 Å². The Kier molecular flexibility index (Phi) is 2.64. The summed E-state index contributed by atoms with van der Waals surface area (Å²) in [6.07, 6.45) is 7.03. The van der Waals surface area contributed by atoms with E-state index in [1.54, 1.807) is 0 Å². The van der Waals surface area contributed by atoms with Gasteiger partial charge in [0.1, 0.15) is 0 Å². The summed E-state index contributed by atoms with van der Waals surface area (Å²) >= 11 is 0. The Labute approximate surface area is 86.5 Å². The maximum Gasteiger partial charge on any atom is 0.0331 e. The van der Waals surface area contributed by atoms with Gasteiger partial charge in [0.2, 0.25) is 0 Å². The molecule has 0 aliphatic carbocycles. The molecule has 0 aromatic carbocycles. The minimum atomic E-state index is 0.388. The fraction of sp³-hybridized carbons (Fsp3) is 0.667. The van der Waals surface area contributed by atoms with Gasteiger partial charge in [0.25, 0.3) is 0 Å². The first kappa shape index (κ1) is 9.78. The number of hydrogen-bond donors (Lipinski definition) is 2. The van der Waals surface area contributed by atoms with Crippen LogP contribution < -0.4 is 10.6 Å². The molecule has 0 saturated carbocycles. The molecular formula is C12H20N2. The van der Waals surface area contributed by atoms with Gasteiger partial charge in [-0.05, 0) is 49.4 Å². The van der Waals surface area contributed by atoms with Crippen LogP contribution in [-0.2, 0) is 0 Å². The highest BCUT2D eigenvalue weighted by Crippen LogP contribution is 2.40. The van der Waals surface area contributed by atoms with E-state index in [2.05, 4.69) is 36.8 Å². The van der Waals surface area contributed by atoms with Crippen LogP contribution >= 0.6 is 0 Å². The van der Waals surface area contributed by atoms with Gasteiger partial charge >= 0.3 is 0 Å². The summed E-state index contributed by atoms with van der Waals surface area (Å²) in [5, 5.41) is 6.76. The van der Waals surface area contributed by atoms with Crippen LogP contribution in [0.25, 0.3) is 0 Å². The molecule has 0 radical (unpaired) electrons. The van der Waals surface area contributed by atoms with E-state index in [1.807, 2.05) is 0 Å². The molecule has 0 amide bonds. The summed E-state index contributed by atoms with van der Waals surface area (Å²) in [5.41, 5.74) is 3.37. The second-order valence-corrected chi connectivity index (χ2v) is 4.66. The number of dihydropyridines is 1. The van der Waals surface area contributed by atoms with Crippen LogP contribution in [0.3, 0.4) is 0 Å². The number of allylic oxidation sites excluding steroid dienone is 2. The second-order valence-electron chi connectivity index (χ2n) is 4.66. The topological polar surface area (TPSA) is 24.1 Å². The first-order valence-electron chi connectivity index (χ1n) is 5.54. The van der Waals surface area contributed by atoms with Gasteiger partial charge < -0.3 is 10.6 Å². The lowest BCUT2D eigenvalue weighted by atomic mass is 9.72. The van der Waals surface area contributed by atoms with E-state index in [0.29, 0.717) is 5.41 Å². The maximum absolute atomic E-state index is 3.43. The van der Waals surface area contributed by atoms with Gasteiger partial charge in [0.05, 0.1) is 0 Å². The Morgan fingerprint density at radius 3 is 2.64 bits per heavy atom. The van der Waals surface area contributed by atoms with Crippen molar-refractivity contribution in [2.75, 3.05) is 19.6 Å². The molecule has 2 aliphatic rings. The lowest BCUT2D eigenvalue weighted by Gasteiger charge is -2.38. The van der Waals surface area contributed by atoms with Crippen LogP contribution in [0, 0.1) is 5.41 Å². The molecule has 2 nitrogen and oxygen atoms in total. The van der Waals surface area contributed by atoms with Crippen molar-refractivity contribution in [1.29, 1.82) is 0 Å². The molecule has 0 aromatic rings. The van der Waals surface area contributed by atoms with Crippen LogP contribution in [-0.4, -0.2) is 19.6 Å². The Morgan fingerprint density at radius 1 is 1.29 bits per heavy atom. The molecule has 14 heavy (non-hydrogen) atoms. The molecule has 0 aromatic heterocycles. The normalized spacial score (nSPS) is 26.1. The molecule has 1 saturated heterocycles. The predicted octanol–water partition coefficient (Wildman–Crippen LogP) is 1.81. The van der Waals surface area contributed by atoms with Gasteiger partial charge in [-0.25, -0.2) is 0 Å². The van der Waals surface area contributed by atoms with Crippen molar-refractivity contribution in [3.8, 4) is 0 Å². The minimum Gasteiger partial charge on any atom is -0.387 e. The number of hydrogen-bond acceptors (Lipinski definition) is 2. The third kappa shape index (κ3) is 1.71. The maximum atomic E-state index is 3.43. The summed E-state index contributed by atoms with van der Waals surface area (Å²) in [6, 6.07) is 0. The Hall–Kier alpha value is -0.760. The van der Waals surface area contributed by atoms with Gasteiger partial charge in [-0.2, -0.15) is 0 Å². The molecule has 1 fully saturated rings. The van der Waals surface area contributed by atoms with Gasteiger partial charge in [-0.1, -0.05) is 13.0 Å². The SMILES string of the molecule is CC1=CCNC=C1C1(C)CCNCC1. The van der Waals surface area contributed by atoms with E-state index >= 15 is 0 Å². The molecule has 0 atom stereocenters. The molecule has 2 heteroatoms. The van der Waals surface area contributed by atoms with Crippen molar-refractivity contribution in [1.82, 2.24) is 10.6 Å². The third-order valence-corrected chi connectivity index (χ3v) is 3.55. The van der Waals surface area contributed by atoms with E-state index in [9.17, 15) is 0 Å². The highest BCUT2D eigenvalue weighted by Gasteiger charge is 2.31. The van der Waals surface area contributed by atoms with Crippen molar-refractivity contribution in [2.24, 2.45) is 5.41 Å². The fourth-order valence-electron chi connectivity index (χ4n) is 2.49. The minimum absolute atomic E-state index is 0.388. The first-order valence-corrected chi connectivity index (χ1v) is 5.54. The average Bonchev–Trinajstić information content (AvgIpc) is 2.19. The van der Waals surface area contributed by atoms with E-state index in [-0.39, 0.29) is 0 Å². The van der Waals surface area contributed by atoms with Crippen LogP contribution in [0.5, 0.6) is 0 Å². The van der Waals surface area contributed by atoms with E-state index in [4.69, 9.17) is 0 Å². The molecule has 0 spiro atoms. The van der Waals surface area contributed by atoms with Crippen molar-refractivity contribution >= 4 is 0 Å². The summed E-state index contributed by atoms with van der Waals surface area (Å²) in [7, 11) is 0. The summed E-state index contributed by atoms with van der Waals surface area (Å²) < 4.78 is 0. The first-order chi connectivity index (χ1) is 6.72. The van der Waals surface area contributed by atoms with Crippen molar-refractivity contribution in [3.63, 3.8) is 0 Å². The zero-order valence-electron chi connectivity index (χ0n) is 9.19. The quantitative estimate of drug-likeness (QED) is 0.662. The van der Waals surface area contributed by atoms with Crippen molar-refractivity contribution in [2.45, 2.75) is 26.7 Å². The highest BCUT2D eigenvalue weighted by molar-refractivity contribution is 5.37. The highest BCUT2D eigenvalue weighted by atomic mass is 14.9. The number of rotatable bonds is 1. The summed E-state index contributed by atoms with van der Waals surface area (Å²) in [4.78, 5) is 0. The third-order valence-electron chi connectivity index (χ3n) is 3.55. The summed E-state index contributed by atoms with van der Waals surface area (Å²) in [5.74, 6) is 0. The van der Waals surface area contributed by atoms with Crippen molar-refractivity contribution < 1.29 is 0 Å². The standard InChI is InChI=1S/C12H20N2/c1-10-3-6-14-9-11(10)12(2)4-7-13-8-5-12/h3,9,13-14H,4-8H2,1-2H3. The molecule has 2 aliphatic heterocycles. The fourth-order valence-corrected chi connectivity index (χ4v) is 2.49. The van der Waals surface area contributed by atoms with Crippen molar-refractivity contribution in [3.05, 3.63) is 23.4 Å². The Balaban J connectivity index is 2.19. The monoisotopic (exact) mass is 192 g/mol. The van der Waals surface area contributed by atoms with Gasteiger partial charge in [-0.15, -0.1) is 0 Å². The predicted molar refractivity (Wildman–Crippen MR) is 60.1 cm³/mol. The lowest BCUT2D eigenvalue weighted by Crippen LogP contribution is -2.37. The van der Waals surface area contributed by atoms with Crippen LogP contribution in [0.4, 0.5) is 0 Å². The number of nitrogens with one attached hydrogen (secondary N) is 2. The van der Waals surface area contributed by atoms with Gasteiger partial charge in [0.15, 0.2) is 0 Å². The van der Waals surface area contributed by atoms with E-state index in [1.165, 1.54) is 24.0 Å². The van der Waals surface area contributed by atoms with Crippen LogP contribution in [0.2, 0.25) is 0 Å². The van der Waals surface area contributed by atoms with Crippen LogP contribution in [0.1, 0.15) is 26.7 Å². The molecule has 2 rings (SSSR count).